The monoisotopic (exact) mass is 289 g/mol. The van der Waals surface area contributed by atoms with Crippen LogP contribution in [0.15, 0.2) is 20.9 Å². The molecule has 0 fully saturated rings. The third kappa shape index (κ3) is 4.14. The Hall–Kier alpha value is -2.69. The van der Waals surface area contributed by atoms with Crippen molar-refractivity contribution in [1.82, 2.24) is 10.3 Å². The molecule has 3 N–H and O–H groups in total. The van der Waals surface area contributed by atoms with Crippen LogP contribution in [0.25, 0.3) is 0 Å². The maximum atomic E-state index is 11.7. The minimum absolute atomic E-state index is 0.0306. The fourth-order valence-electron chi connectivity index (χ4n) is 1.75. The van der Waals surface area contributed by atoms with Gasteiger partial charge in [0.05, 0.1) is 6.54 Å². The summed E-state index contributed by atoms with van der Waals surface area (Å²) in [4.78, 5) is 26.4. The molecular weight excluding hydrogens is 274 g/mol. The summed E-state index contributed by atoms with van der Waals surface area (Å²) < 4.78 is 5.00. The van der Waals surface area contributed by atoms with Gasteiger partial charge in [0.1, 0.15) is 6.26 Å². The van der Waals surface area contributed by atoms with E-state index >= 15 is 0 Å². The summed E-state index contributed by atoms with van der Waals surface area (Å²) in [5.41, 5.74) is 4.61. The fourth-order valence-corrected chi connectivity index (χ4v) is 1.75. The Bertz CT molecular complexity index is 608. The topological polar surface area (TPSA) is 123 Å². The first-order chi connectivity index (χ1) is 10.0. The molecule has 0 aromatic carbocycles. The summed E-state index contributed by atoms with van der Waals surface area (Å²) >= 11 is 0. The molecule has 2 rings (SSSR count). The van der Waals surface area contributed by atoms with Crippen LogP contribution in [-0.2, 0) is 11.3 Å². The Labute approximate surface area is 121 Å². The van der Waals surface area contributed by atoms with E-state index in [-0.39, 0.29) is 30.5 Å². The van der Waals surface area contributed by atoms with Gasteiger partial charge in [-0.25, -0.2) is 4.98 Å². The van der Waals surface area contributed by atoms with E-state index in [1.54, 1.807) is 0 Å². The maximum absolute atomic E-state index is 11.7. The lowest BCUT2D eigenvalue weighted by atomic mass is 10.0. The van der Waals surface area contributed by atoms with Gasteiger partial charge in [-0.15, -0.1) is 12.3 Å². The van der Waals surface area contributed by atoms with E-state index in [1.807, 2.05) is 0 Å². The van der Waals surface area contributed by atoms with Gasteiger partial charge in [-0.2, -0.15) is 10.2 Å². The lowest BCUT2D eigenvalue weighted by Crippen LogP contribution is -2.25. The molecule has 8 heteroatoms. The molecule has 0 unspecified atom stereocenters. The average molecular weight is 289 g/mol. The number of oxazole rings is 1. The number of nitrogens with zero attached hydrogens (tertiary/aromatic N) is 3. The number of primary amides is 1. The van der Waals surface area contributed by atoms with Gasteiger partial charge in [0.15, 0.2) is 11.4 Å². The zero-order valence-corrected chi connectivity index (χ0v) is 11.3. The molecule has 8 nitrogen and oxygen atoms in total. The Morgan fingerprint density at radius 2 is 2.19 bits per heavy atom. The second kappa shape index (κ2) is 6.17. The first-order valence-corrected chi connectivity index (χ1v) is 6.43. The van der Waals surface area contributed by atoms with Crippen LogP contribution in [-0.4, -0.2) is 22.5 Å². The van der Waals surface area contributed by atoms with Gasteiger partial charge < -0.3 is 15.5 Å². The molecule has 21 heavy (non-hydrogen) atoms. The molecule has 0 atom stereocenters. The van der Waals surface area contributed by atoms with Crippen LogP contribution in [0, 0.1) is 12.3 Å². The number of nitrogens with two attached hydrogens (primary N) is 1. The normalized spacial score (nSPS) is 14.4. The number of carbonyl (C=O) groups is 2. The lowest BCUT2D eigenvalue weighted by molar-refractivity contribution is -0.121. The highest BCUT2D eigenvalue weighted by atomic mass is 16.3. The Balaban J connectivity index is 1.70. The van der Waals surface area contributed by atoms with Crippen LogP contribution in [0.3, 0.4) is 0 Å². The highest BCUT2D eigenvalue weighted by Gasteiger charge is 2.39. The molecule has 0 bridgehead atoms. The van der Waals surface area contributed by atoms with Crippen LogP contribution >= 0.6 is 0 Å². The second-order valence-electron chi connectivity index (χ2n) is 4.65. The highest BCUT2D eigenvalue weighted by molar-refractivity contribution is 5.90. The smallest absolute Gasteiger partial charge is 0.270 e. The number of nitrogens with one attached hydrogen (secondary N) is 1. The second-order valence-corrected chi connectivity index (χ2v) is 4.65. The van der Waals surface area contributed by atoms with Crippen molar-refractivity contribution >= 4 is 11.8 Å². The summed E-state index contributed by atoms with van der Waals surface area (Å²) in [7, 11) is 0. The largest absolute Gasteiger partial charge is 0.446 e. The van der Waals surface area contributed by atoms with Crippen molar-refractivity contribution in [2.75, 3.05) is 0 Å². The van der Waals surface area contributed by atoms with E-state index in [9.17, 15) is 9.59 Å². The first-order valence-electron chi connectivity index (χ1n) is 6.43. The van der Waals surface area contributed by atoms with Crippen molar-refractivity contribution in [3.8, 4) is 12.3 Å². The van der Waals surface area contributed by atoms with Gasteiger partial charge in [-0.3, -0.25) is 9.59 Å². The van der Waals surface area contributed by atoms with Gasteiger partial charge in [0, 0.05) is 25.7 Å². The summed E-state index contributed by atoms with van der Waals surface area (Å²) in [6.45, 7) is 0.0950. The predicted octanol–water partition coefficient (Wildman–Crippen LogP) is 0.745. The number of terminal acetylenes is 1. The van der Waals surface area contributed by atoms with Crippen LogP contribution in [0.1, 0.15) is 42.1 Å². The third-order valence-electron chi connectivity index (χ3n) is 3.05. The molecular formula is C13H15N5O3. The summed E-state index contributed by atoms with van der Waals surface area (Å²) in [6.07, 6.45) is 8.40. The van der Waals surface area contributed by atoms with E-state index in [0.717, 1.165) is 6.26 Å². The van der Waals surface area contributed by atoms with E-state index < -0.39 is 11.6 Å². The van der Waals surface area contributed by atoms with Gasteiger partial charge >= 0.3 is 0 Å². The number of rotatable bonds is 8. The molecule has 0 aliphatic carbocycles. The molecule has 1 aromatic heterocycles. The molecule has 2 amide bonds. The molecule has 0 saturated carbocycles. The van der Waals surface area contributed by atoms with Gasteiger partial charge in [-0.1, -0.05) is 0 Å². The van der Waals surface area contributed by atoms with Gasteiger partial charge in [-0.05, 0) is 0 Å². The van der Waals surface area contributed by atoms with Crippen LogP contribution in [0.5, 0.6) is 0 Å². The van der Waals surface area contributed by atoms with E-state index in [0.29, 0.717) is 19.3 Å². The quantitative estimate of drug-likeness (QED) is 0.685. The zero-order chi connectivity index (χ0) is 15.3. The molecule has 0 radical (unpaired) electrons. The maximum Gasteiger partial charge on any atom is 0.270 e. The molecule has 110 valence electrons. The zero-order valence-electron chi connectivity index (χ0n) is 11.3. The highest BCUT2D eigenvalue weighted by Crippen LogP contribution is 2.37. The van der Waals surface area contributed by atoms with E-state index in [1.165, 1.54) is 0 Å². The molecule has 0 spiro atoms. The summed E-state index contributed by atoms with van der Waals surface area (Å²) in [5, 5.41) is 10.5. The Morgan fingerprint density at radius 1 is 1.43 bits per heavy atom. The SMILES string of the molecule is C#CCCC1(CCC(=O)NCc2nc(C(N)=O)co2)N=N1. The van der Waals surface area contributed by atoms with Crippen LogP contribution in [0.4, 0.5) is 0 Å². The van der Waals surface area contributed by atoms with Crippen molar-refractivity contribution < 1.29 is 14.0 Å². The number of carbonyl (C=O) groups excluding carboxylic acids is 2. The van der Waals surface area contributed by atoms with Gasteiger partial charge in [0.25, 0.3) is 5.91 Å². The number of amides is 2. The minimum atomic E-state index is -0.677. The molecule has 1 aliphatic heterocycles. The Morgan fingerprint density at radius 3 is 2.76 bits per heavy atom. The standard InChI is InChI=1S/C13H15N5O3/c1-2-3-5-13(17-18-13)6-4-10(19)15-7-11-16-9(8-21-11)12(14)20/h1,8H,3-7H2,(H2,14,20)(H,15,19). The molecule has 0 saturated heterocycles. The summed E-state index contributed by atoms with van der Waals surface area (Å²) in [5.74, 6) is 1.90. The molecule has 1 aliphatic rings. The van der Waals surface area contributed by atoms with Crippen molar-refractivity contribution in [2.24, 2.45) is 16.0 Å². The van der Waals surface area contributed by atoms with Crippen molar-refractivity contribution in [3.05, 3.63) is 17.8 Å². The predicted molar refractivity (Wildman–Crippen MR) is 71.8 cm³/mol. The van der Waals surface area contributed by atoms with Crippen LogP contribution in [0.2, 0.25) is 0 Å². The van der Waals surface area contributed by atoms with E-state index in [2.05, 4.69) is 26.4 Å². The summed E-state index contributed by atoms with van der Waals surface area (Å²) in [6, 6.07) is 0. The lowest BCUT2D eigenvalue weighted by Gasteiger charge is -2.08. The first kappa shape index (κ1) is 14.7. The average Bonchev–Trinajstić information content (AvgIpc) is 3.07. The Kier molecular flexibility index (Phi) is 4.33. The number of hydrogen-bond donors (Lipinski definition) is 2. The van der Waals surface area contributed by atoms with Crippen molar-refractivity contribution in [2.45, 2.75) is 37.9 Å². The third-order valence-corrected chi connectivity index (χ3v) is 3.05. The number of hydrogen-bond acceptors (Lipinski definition) is 6. The van der Waals surface area contributed by atoms with Crippen molar-refractivity contribution in [3.63, 3.8) is 0 Å². The van der Waals surface area contributed by atoms with Crippen LogP contribution < -0.4 is 11.1 Å². The minimum Gasteiger partial charge on any atom is -0.446 e. The fraction of sp³-hybridized carbons (Fsp3) is 0.462. The molecule has 2 heterocycles. The number of aromatic nitrogens is 1. The van der Waals surface area contributed by atoms with Crippen molar-refractivity contribution in [1.29, 1.82) is 0 Å². The molecule has 1 aromatic rings. The van der Waals surface area contributed by atoms with Gasteiger partial charge in [0.2, 0.25) is 11.8 Å². The van der Waals surface area contributed by atoms with E-state index in [4.69, 9.17) is 16.6 Å².